The molecule has 2 aromatic rings. The lowest BCUT2D eigenvalue weighted by atomic mass is 9.94. The van der Waals surface area contributed by atoms with E-state index in [0.29, 0.717) is 6.42 Å². The van der Waals surface area contributed by atoms with Crippen molar-refractivity contribution in [1.29, 1.82) is 0 Å². The molecule has 0 unspecified atom stereocenters. The van der Waals surface area contributed by atoms with E-state index in [1.165, 1.54) is 0 Å². The Labute approximate surface area is 146 Å². The first-order valence-electron chi connectivity index (χ1n) is 8.06. The van der Waals surface area contributed by atoms with Gasteiger partial charge in [0.15, 0.2) is 0 Å². The maximum absolute atomic E-state index is 11.4. The number of amides is 1. The molecule has 0 aliphatic carbocycles. The minimum atomic E-state index is -0.0403. The van der Waals surface area contributed by atoms with Gasteiger partial charge in [0.1, 0.15) is 11.5 Å². The van der Waals surface area contributed by atoms with Crippen LogP contribution in [0.3, 0.4) is 0 Å². The molecule has 1 heterocycles. The van der Waals surface area contributed by atoms with E-state index in [0.717, 1.165) is 34.1 Å². The molecule has 0 radical (unpaired) electrons. The number of carbonyl (C=O) groups excluding carboxylic acids is 1. The summed E-state index contributed by atoms with van der Waals surface area (Å²) in [7, 11) is 3.25. The molecule has 0 bridgehead atoms. The average molecular weight is 339 g/mol. The van der Waals surface area contributed by atoms with E-state index in [1.807, 2.05) is 49.4 Å². The van der Waals surface area contributed by atoms with Crippen molar-refractivity contribution in [3.05, 3.63) is 48.0 Å². The number of hydrogen-bond acceptors (Lipinski definition) is 5. The molecule has 1 amide bonds. The number of carbonyl (C=O) groups is 1. The van der Waals surface area contributed by atoms with E-state index >= 15 is 0 Å². The molecular formula is C19H21N3O3. The van der Waals surface area contributed by atoms with Gasteiger partial charge >= 0.3 is 0 Å². The van der Waals surface area contributed by atoms with Gasteiger partial charge in [-0.2, -0.15) is 5.10 Å². The summed E-state index contributed by atoms with van der Waals surface area (Å²) in [6.45, 7) is 2.01. The molecule has 1 atom stereocenters. The van der Waals surface area contributed by atoms with Crippen molar-refractivity contribution in [3.8, 4) is 11.5 Å². The first kappa shape index (κ1) is 16.8. The second-order valence-electron chi connectivity index (χ2n) is 5.94. The van der Waals surface area contributed by atoms with Crippen LogP contribution in [0.1, 0.15) is 18.9 Å². The monoisotopic (exact) mass is 339 g/mol. The van der Waals surface area contributed by atoms with Gasteiger partial charge < -0.3 is 14.8 Å². The Morgan fingerprint density at radius 2 is 1.68 bits per heavy atom. The van der Waals surface area contributed by atoms with Crippen molar-refractivity contribution in [2.75, 3.05) is 19.5 Å². The number of rotatable bonds is 5. The summed E-state index contributed by atoms with van der Waals surface area (Å²) in [6.07, 6.45) is 0.461. The molecule has 3 rings (SSSR count). The zero-order valence-corrected chi connectivity index (χ0v) is 14.5. The number of hydrogen-bond donors (Lipinski definition) is 2. The molecule has 0 saturated carbocycles. The van der Waals surface area contributed by atoms with Crippen LogP contribution in [0.25, 0.3) is 0 Å². The maximum atomic E-state index is 11.4. The number of nitrogens with one attached hydrogen (secondary N) is 2. The van der Waals surface area contributed by atoms with Gasteiger partial charge in [0, 0.05) is 41.9 Å². The first-order chi connectivity index (χ1) is 12.1. The fraction of sp³-hybridized carbons (Fsp3) is 0.263. The van der Waals surface area contributed by atoms with E-state index < -0.39 is 0 Å². The highest BCUT2D eigenvalue weighted by Crippen LogP contribution is 2.28. The molecular weight excluding hydrogens is 318 g/mol. The zero-order valence-electron chi connectivity index (χ0n) is 14.5. The van der Waals surface area contributed by atoms with Crippen molar-refractivity contribution < 1.29 is 14.3 Å². The molecule has 0 aromatic heterocycles. The Bertz CT molecular complexity index is 778. The summed E-state index contributed by atoms with van der Waals surface area (Å²) in [5.41, 5.74) is 6.26. The van der Waals surface area contributed by atoms with E-state index in [2.05, 4.69) is 15.8 Å². The standard InChI is InChI=1S/C19H21N3O3/c1-12-8-18(23)21-22-19(12)13-4-6-14(7-5-13)20-15-9-16(24-2)11-17(10-15)25-3/h4-7,9-12,20H,8H2,1-3H3,(H,21,23)/t12-/m1/s1. The van der Waals surface area contributed by atoms with Crippen LogP contribution in [0.4, 0.5) is 11.4 Å². The Balaban J connectivity index is 1.78. The second kappa shape index (κ2) is 7.25. The lowest BCUT2D eigenvalue weighted by molar-refractivity contribution is -0.121. The lowest BCUT2D eigenvalue weighted by Crippen LogP contribution is -2.31. The largest absolute Gasteiger partial charge is 0.497 e. The van der Waals surface area contributed by atoms with Crippen molar-refractivity contribution in [1.82, 2.24) is 5.43 Å². The molecule has 1 aliphatic rings. The SMILES string of the molecule is COc1cc(Nc2ccc(C3=NNC(=O)C[C@H]3C)cc2)cc(OC)c1. The summed E-state index contributed by atoms with van der Waals surface area (Å²) in [5, 5.41) is 7.52. The van der Waals surface area contributed by atoms with Crippen LogP contribution in [0.5, 0.6) is 11.5 Å². The molecule has 130 valence electrons. The Kier molecular flexibility index (Phi) is 4.88. The Hall–Kier alpha value is -3.02. The summed E-state index contributed by atoms with van der Waals surface area (Å²) in [6, 6.07) is 13.6. The van der Waals surface area contributed by atoms with E-state index in [-0.39, 0.29) is 11.8 Å². The van der Waals surface area contributed by atoms with Gasteiger partial charge in [-0.15, -0.1) is 0 Å². The van der Waals surface area contributed by atoms with Gasteiger partial charge in [-0.25, -0.2) is 5.43 Å². The Morgan fingerprint density at radius 3 is 2.24 bits per heavy atom. The summed E-state index contributed by atoms with van der Waals surface area (Å²) in [4.78, 5) is 11.4. The minimum Gasteiger partial charge on any atom is -0.497 e. The number of anilines is 2. The van der Waals surface area contributed by atoms with Gasteiger partial charge in [-0.1, -0.05) is 19.1 Å². The van der Waals surface area contributed by atoms with Crippen LogP contribution in [0, 0.1) is 5.92 Å². The molecule has 6 heteroatoms. The normalized spacial score (nSPS) is 16.7. The highest BCUT2D eigenvalue weighted by Gasteiger charge is 2.21. The van der Waals surface area contributed by atoms with Crippen LogP contribution in [-0.2, 0) is 4.79 Å². The quantitative estimate of drug-likeness (QED) is 0.877. The summed E-state index contributed by atoms with van der Waals surface area (Å²) >= 11 is 0. The summed E-state index contributed by atoms with van der Waals surface area (Å²) in [5.74, 6) is 1.51. The van der Waals surface area contributed by atoms with Gasteiger partial charge in [-0.3, -0.25) is 4.79 Å². The predicted molar refractivity (Wildman–Crippen MR) is 97.7 cm³/mol. The highest BCUT2D eigenvalue weighted by molar-refractivity contribution is 6.05. The molecule has 6 nitrogen and oxygen atoms in total. The summed E-state index contributed by atoms with van der Waals surface area (Å²) < 4.78 is 10.6. The topological polar surface area (TPSA) is 72.0 Å². The number of benzene rings is 2. The molecule has 0 saturated heterocycles. The molecule has 1 aliphatic heterocycles. The molecule has 2 aromatic carbocycles. The number of ether oxygens (including phenoxy) is 2. The minimum absolute atomic E-state index is 0.0403. The van der Waals surface area contributed by atoms with Crippen molar-refractivity contribution in [2.45, 2.75) is 13.3 Å². The first-order valence-corrected chi connectivity index (χ1v) is 8.06. The van der Waals surface area contributed by atoms with Crippen molar-refractivity contribution >= 4 is 23.0 Å². The van der Waals surface area contributed by atoms with Gasteiger partial charge in [0.25, 0.3) is 0 Å². The fourth-order valence-electron chi connectivity index (χ4n) is 2.77. The number of nitrogens with zero attached hydrogens (tertiary/aromatic N) is 1. The number of methoxy groups -OCH3 is 2. The van der Waals surface area contributed by atoms with Gasteiger partial charge in [0.05, 0.1) is 19.9 Å². The second-order valence-corrected chi connectivity index (χ2v) is 5.94. The van der Waals surface area contributed by atoms with Crippen molar-refractivity contribution in [2.24, 2.45) is 11.0 Å². The predicted octanol–water partition coefficient (Wildman–Crippen LogP) is 3.31. The van der Waals surface area contributed by atoms with Gasteiger partial charge in [0.2, 0.25) is 5.91 Å². The number of hydrazone groups is 1. The molecule has 0 fully saturated rings. The van der Waals surface area contributed by atoms with Crippen molar-refractivity contribution in [3.63, 3.8) is 0 Å². The molecule has 0 spiro atoms. The third-order valence-corrected chi connectivity index (χ3v) is 4.08. The maximum Gasteiger partial charge on any atom is 0.240 e. The molecule has 25 heavy (non-hydrogen) atoms. The van der Waals surface area contributed by atoms with Crippen LogP contribution in [-0.4, -0.2) is 25.8 Å². The van der Waals surface area contributed by atoms with E-state index in [4.69, 9.17) is 9.47 Å². The molecule has 2 N–H and O–H groups in total. The fourth-order valence-corrected chi connectivity index (χ4v) is 2.77. The highest BCUT2D eigenvalue weighted by atomic mass is 16.5. The zero-order chi connectivity index (χ0) is 17.8. The Morgan fingerprint density at radius 1 is 1.04 bits per heavy atom. The third-order valence-electron chi connectivity index (χ3n) is 4.08. The lowest BCUT2D eigenvalue weighted by Gasteiger charge is -2.19. The van der Waals surface area contributed by atoms with Crippen LogP contribution in [0.15, 0.2) is 47.6 Å². The van der Waals surface area contributed by atoms with Crippen LogP contribution >= 0.6 is 0 Å². The van der Waals surface area contributed by atoms with E-state index in [1.54, 1.807) is 14.2 Å². The van der Waals surface area contributed by atoms with Crippen LogP contribution < -0.4 is 20.2 Å². The third kappa shape index (κ3) is 3.91. The van der Waals surface area contributed by atoms with Gasteiger partial charge in [-0.05, 0) is 17.7 Å². The van der Waals surface area contributed by atoms with E-state index in [9.17, 15) is 4.79 Å². The average Bonchev–Trinajstić information content (AvgIpc) is 2.62. The smallest absolute Gasteiger partial charge is 0.240 e. The van der Waals surface area contributed by atoms with Crippen LogP contribution in [0.2, 0.25) is 0 Å².